The van der Waals surface area contributed by atoms with E-state index in [0.717, 1.165) is 30.0 Å². The molecule has 1 saturated heterocycles. The Labute approximate surface area is 110 Å². The standard InChI is InChI=1S/C15H24N2O/c1-12-11-14(5-6-15(12)16)18-13(2)7-10-17-8-3-4-9-17/h5-6,11,13H,3-4,7-10,16H2,1-2H3. The molecule has 2 rings (SSSR count). The van der Waals surface area contributed by atoms with E-state index in [9.17, 15) is 0 Å². The SMILES string of the molecule is Cc1cc(OC(C)CCN2CCCC2)ccc1N. The highest BCUT2D eigenvalue weighted by atomic mass is 16.5. The predicted molar refractivity (Wildman–Crippen MR) is 76.0 cm³/mol. The Bertz CT molecular complexity index is 386. The minimum Gasteiger partial charge on any atom is -0.491 e. The van der Waals surface area contributed by atoms with Crippen molar-refractivity contribution in [3.8, 4) is 5.75 Å². The van der Waals surface area contributed by atoms with Crippen LogP contribution in [0.25, 0.3) is 0 Å². The number of likely N-dealkylation sites (tertiary alicyclic amines) is 1. The summed E-state index contributed by atoms with van der Waals surface area (Å²) >= 11 is 0. The van der Waals surface area contributed by atoms with Crippen molar-refractivity contribution in [3.63, 3.8) is 0 Å². The first kappa shape index (κ1) is 13.2. The number of benzene rings is 1. The molecule has 0 aromatic heterocycles. The number of hydrogen-bond donors (Lipinski definition) is 1. The monoisotopic (exact) mass is 248 g/mol. The number of nitrogen functional groups attached to an aromatic ring is 1. The Kier molecular flexibility index (Phi) is 4.48. The molecule has 1 aromatic carbocycles. The quantitative estimate of drug-likeness (QED) is 0.814. The van der Waals surface area contributed by atoms with Crippen LogP contribution in [-0.4, -0.2) is 30.6 Å². The van der Waals surface area contributed by atoms with Gasteiger partial charge in [-0.1, -0.05) is 0 Å². The topological polar surface area (TPSA) is 38.5 Å². The van der Waals surface area contributed by atoms with Crippen molar-refractivity contribution >= 4 is 5.69 Å². The highest BCUT2D eigenvalue weighted by Gasteiger charge is 2.13. The highest BCUT2D eigenvalue weighted by molar-refractivity contribution is 5.49. The lowest BCUT2D eigenvalue weighted by atomic mass is 10.2. The summed E-state index contributed by atoms with van der Waals surface area (Å²) in [4.78, 5) is 2.52. The van der Waals surface area contributed by atoms with Crippen molar-refractivity contribution < 1.29 is 4.74 Å². The van der Waals surface area contributed by atoms with Crippen molar-refractivity contribution in [1.29, 1.82) is 0 Å². The van der Waals surface area contributed by atoms with Gasteiger partial charge in [0.15, 0.2) is 0 Å². The molecule has 3 nitrogen and oxygen atoms in total. The van der Waals surface area contributed by atoms with Crippen LogP contribution in [0.3, 0.4) is 0 Å². The zero-order valence-electron chi connectivity index (χ0n) is 11.5. The molecule has 3 heteroatoms. The molecular formula is C15H24N2O. The van der Waals surface area contributed by atoms with Crippen LogP contribution >= 0.6 is 0 Å². The van der Waals surface area contributed by atoms with Gasteiger partial charge < -0.3 is 15.4 Å². The summed E-state index contributed by atoms with van der Waals surface area (Å²) in [5, 5.41) is 0. The first-order valence-electron chi connectivity index (χ1n) is 6.90. The average molecular weight is 248 g/mol. The summed E-state index contributed by atoms with van der Waals surface area (Å²) in [7, 11) is 0. The molecule has 18 heavy (non-hydrogen) atoms. The second-order valence-corrected chi connectivity index (χ2v) is 5.28. The summed E-state index contributed by atoms with van der Waals surface area (Å²) in [5.41, 5.74) is 7.71. The summed E-state index contributed by atoms with van der Waals surface area (Å²) in [6.07, 6.45) is 4.05. The molecule has 1 fully saturated rings. The molecule has 1 atom stereocenters. The van der Waals surface area contributed by atoms with E-state index in [2.05, 4.69) is 11.8 Å². The molecule has 100 valence electrons. The van der Waals surface area contributed by atoms with Gasteiger partial charge in [-0.15, -0.1) is 0 Å². The molecule has 0 aliphatic carbocycles. The van der Waals surface area contributed by atoms with E-state index in [1.807, 2.05) is 25.1 Å². The lowest BCUT2D eigenvalue weighted by Gasteiger charge is -2.19. The Balaban J connectivity index is 1.78. The Morgan fingerprint density at radius 3 is 2.72 bits per heavy atom. The molecule has 1 unspecified atom stereocenters. The van der Waals surface area contributed by atoms with Crippen molar-refractivity contribution in [2.24, 2.45) is 0 Å². The zero-order chi connectivity index (χ0) is 13.0. The first-order chi connectivity index (χ1) is 8.65. The molecule has 1 heterocycles. The molecular weight excluding hydrogens is 224 g/mol. The second-order valence-electron chi connectivity index (χ2n) is 5.28. The molecule has 0 amide bonds. The average Bonchev–Trinajstić information content (AvgIpc) is 2.84. The molecule has 1 aliphatic rings. The van der Waals surface area contributed by atoms with E-state index in [1.54, 1.807) is 0 Å². The van der Waals surface area contributed by atoms with E-state index in [0.29, 0.717) is 0 Å². The smallest absolute Gasteiger partial charge is 0.120 e. The van der Waals surface area contributed by atoms with E-state index < -0.39 is 0 Å². The van der Waals surface area contributed by atoms with Crippen LogP contribution < -0.4 is 10.5 Å². The number of ether oxygens (including phenoxy) is 1. The van der Waals surface area contributed by atoms with Gasteiger partial charge in [0.2, 0.25) is 0 Å². The van der Waals surface area contributed by atoms with Gasteiger partial charge in [-0.2, -0.15) is 0 Å². The van der Waals surface area contributed by atoms with Crippen LogP contribution in [0.5, 0.6) is 5.75 Å². The van der Waals surface area contributed by atoms with Crippen molar-refractivity contribution in [3.05, 3.63) is 23.8 Å². The molecule has 1 aromatic rings. The van der Waals surface area contributed by atoms with Gasteiger partial charge in [0.05, 0.1) is 6.10 Å². The van der Waals surface area contributed by atoms with E-state index in [4.69, 9.17) is 10.5 Å². The van der Waals surface area contributed by atoms with E-state index >= 15 is 0 Å². The van der Waals surface area contributed by atoms with Crippen LogP contribution in [0, 0.1) is 6.92 Å². The lowest BCUT2D eigenvalue weighted by molar-refractivity contribution is 0.187. The molecule has 0 saturated carbocycles. The van der Waals surface area contributed by atoms with Gasteiger partial charge in [-0.05, 0) is 70.0 Å². The summed E-state index contributed by atoms with van der Waals surface area (Å²) < 4.78 is 5.93. The van der Waals surface area contributed by atoms with E-state index in [1.165, 1.54) is 25.9 Å². The predicted octanol–water partition coefficient (Wildman–Crippen LogP) is 2.83. The largest absolute Gasteiger partial charge is 0.491 e. The maximum atomic E-state index is 5.93. The number of nitrogens with zero attached hydrogens (tertiary/aromatic N) is 1. The molecule has 0 radical (unpaired) electrons. The minimum absolute atomic E-state index is 0.258. The Morgan fingerprint density at radius 2 is 2.06 bits per heavy atom. The van der Waals surface area contributed by atoms with Gasteiger partial charge in [-0.3, -0.25) is 0 Å². The Hall–Kier alpha value is -1.22. The van der Waals surface area contributed by atoms with Crippen molar-refractivity contribution in [2.75, 3.05) is 25.4 Å². The number of nitrogens with two attached hydrogens (primary N) is 1. The fourth-order valence-corrected chi connectivity index (χ4v) is 2.38. The number of aryl methyl sites for hydroxylation is 1. The number of rotatable bonds is 5. The Morgan fingerprint density at radius 1 is 1.33 bits per heavy atom. The third kappa shape index (κ3) is 3.64. The van der Waals surface area contributed by atoms with E-state index in [-0.39, 0.29) is 6.10 Å². The van der Waals surface area contributed by atoms with Gasteiger partial charge in [-0.25, -0.2) is 0 Å². The van der Waals surface area contributed by atoms with Gasteiger partial charge in [0, 0.05) is 12.2 Å². The molecule has 0 bridgehead atoms. The lowest BCUT2D eigenvalue weighted by Crippen LogP contribution is -2.25. The summed E-state index contributed by atoms with van der Waals surface area (Å²) in [6.45, 7) is 7.81. The fourth-order valence-electron chi connectivity index (χ4n) is 2.38. The molecule has 1 aliphatic heterocycles. The highest BCUT2D eigenvalue weighted by Crippen LogP contribution is 2.20. The van der Waals surface area contributed by atoms with Crippen LogP contribution in [0.4, 0.5) is 5.69 Å². The maximum absolute atomic E-state index is 5.93. The third-order valence-electron chi connectivity index (χ3n) is 3.63. The molecule has 2 N–H and O–H groups in total. The van der Waals surface area contributed by atoms with Crippen LogP contribution in [0.1, 0.15) is 31.7 Å². The minimum atomic E-state index is 0.258. The van der Waals surface area contributed by atoms with Crippen LogP contribution in [0.2, 0.25) is 0 Å². The van der Waals surface area contributed by atoms with Crippen LogP contribution in [-0.2, 0) is 0 Å². The summed E-state index contributed by atoms with van der Waals surface area (Å²) in [6, 6.07) is 5.88. The number of anilines is 1. The fraction of sp³-hybridized carbons (Fsp3) is 0.600. The maximum Gasteiger partial charge on any atom is 0.120 e. The zero-order valence-corrected chi connectivity index (χ0v) is 11.5. The second kappa shape index (κ2) is 6.10. The van der Waals surface area contributed by atoms with Crippen molar-refractivity contribution in [2.45, 2.75) is 39.2 Å². The van der Waals surface area contributed by atoms with Gasteiger partial charge >= 0.3 is 0 Å². The normalized spacial score (nSPS) is 17.9. The first-order valence-corrected chi connectivity index (χ1v) is 6.90. The van der Waals surface area contributed by atoms with Gasteiger partial charge in [0.25, 0.3) is 0 Å². The van der Waals surface area contributed by atoms with Gasteiger partial charge in [0.1, 0.15) is 5.75 Å². The van der Waals surface area contributed by atoms with Crippen LogP contribution in [0.15, 0.2) is 18.2 Å². The molecule has 0 spiro atoms. The van der Waals surface area contributed by atoms with Crippen molar-refractivity contribution in [1.82, 2.24) is 4.90 Å². The summed E-state index contributed by atoms with van der Waals surface area (Å²) in [5.74, 6) is 0.927. The third-order valence-corrected chi connectivity index (χ3v) is 3.63. The number of hydrogen-bond acceptors (Lipinski definition) is 3.